The van der Waals surface area contributed by atoms with E-state index >= 15 is 0 Å². The number of hydrogen-bond acceptors (Lipinski definition) is 6. The second-order valence-electron chi connectivity index (χ2n) is 8.78. The van der Waals surface area contributed by atoms with Gasteiger partial charge in [0.2, 0.25) is 0 Å². The first-order valence-corrected chi connectivity index (χ1v) is 10.2. The van der Waals surface area contributed by atoms with Gasteiger partial charge in [0.15, 0.2) is 0 Å². The smallest absolute Gasteiger partial charge is 0.410 e. The highest BCUT2D eigenvalue weighted by atomic mass is 16.6. The van der Waals surface area contributed by atoms with Crippen LogP contribution in [0.2, 0.25) is 0 Å². The molecular weight excluding hydrogens is 366 g/mol. The summed E-state index contributed by atoms with van der Waals surface area (Å²) in [5, 5.41) is 1.92. The van der Waals surface area contributed by atoms with Crippen LogP contribution in [0.15, 0.2) is 36.1 Å². The molecule has 1 atom stereocenters. The minimum absolute atomic E-state index is 0.0232. The molecule has 3 aliphatic rings. The van der Waals surface area contributed by atoms with Gasteiger partial charge in [-0.25, -0.2) is 20.2 Å². The second-order valence-corrected chi connectivity index (χ2v) is 8.78. The highest BCUT2D eigenvalue weighted by molar-refractivity contribution is 5.69. The van der Waals surface area contributed by atoms with Crippen LogP contribution in [0.1, 0.15) is 62.4 Å². The van der Waals surface area contributed by atoms with E-state index in [1.807, 2.05) is 39.0 Å². The summed E-state index contributed by atoms with van der Waals surface area (Å²) in [4.78, 5) is 24.1. The maximum Gasteiger partial charge on any atom is 0.410 e. The van der Waals surface area contributed by atoms with Crippen LogP contribution in [-0.2, 0) is 24.2 Å². The summed E-state index contributed by atoms with van der Waals surface area (Å²) in [7, 11) is 1.96. The largest absolute Gasteiger partial charge is 0.444 e. The quantitative estimate of drug-likeness (QED) is 0.844. The maximum atomic E-state index is 12.6. The van der Waals surface area contributed by atoms with Gasteiger partial charge in [0.25, 0.3) is 0 Å². The van der Waals surface area contributed by atoms with Crippen molar-refractivity contribution in [2.75, 3.05) is 7.05 Å². The first-order valence-electron chi connectivity index (χ1n) is 10.2. The molecule has 0 spiro atoms. The normalized spacial score (nSPS) is 20.8. The van der Waals surface area contributed by atoms with E-state index in [4.69, 9.17) is 14.7 Å². The average Bonchev–Trinajstić information content (AvgIpc) is 3.27. The fourth-order valence-electron chi connectivity index (χ4n) is 3.78. The summed E-state index contributed by atoms with van der Waals surface area (Å²) < 4.78 is 5.57. The Labute approximate surface area is 172 Å². The van der Waals surface area contributed by atoms with Crippen LogP contribution in [0.25, 0.3) is 0 Å². The molecule has 154 valence electrons. The van der Waals surface area contributed by atoms with Gasteiger partial charge in [-0.15, -0.1) is 0 Å². The number of ether oxygens (including phenoxy) is 1. The highest BCUT2D eigenvalue weighted by Gasteiger charge is 2.33. The number of hydrogen-bond donors (Lipinski definition) is 1. The summed E-state index contributed by atoms with van der Waals surface area (Å²) in [5.74, 6) is 0.798. The van der Waals surface area contributed by atoms with Crippen LogP contribution in [-0.4, -0.2) is 38.6 Å². The number of allylic oxidation sites excluding steroid dienone is 4. The van der Waals surface area contributed by atoms with Gasteiger partial charge in [-0.3, -0.25) is 4.90 Å². The molecule has 0 aromatic carbocycles. The van der Waals surface area contributed by atoms with Crippen LogP contribution in [0.5, 0.6) is 0 Å². The Bertz CT molecular complexity index is 897. The topological polar surface area (TPSA) is 70.6 Å². The van der Waals surface area contributed by atoms with Crippen molar-refractivity contribution in [3.8, 4) is 0 Å². The first kappa shape index (κ1) is 19.6. The zero-order valence-electron chi connectivity index (χ0n) is 17.6. The molecule has 1 aromatic rings. The summed E-state index contributed by atoms with van der Waals surface area (Å²) >= 11 is 0. The van der Waals surface area contributed by atoms with Crippen molar-refractivity contribution < 1.29 is 9.53 Å². The number of nitrogens with zero attached hydrogens (tertiary/aromatic N) is 4. The molecule has 3 heterocycles. The lowest BCUT2D eigenvalue weighted by atomic mass is 10.0. The Morgan fingerprint density at radius 2 is 2.10 bits per heavy atom. The summed E-state index contributed by atoms with van der Waals surface area (Å²) in [6, 6.07) is -0.0232. The van der Waals surface area contributed by atoms with Gasteiger partial charge >= 0.3 is 6.09 Å². The minimum atomic E-state index is -0.524. The molecule has 29 heavy (non-hydrogen) atoms. The number of carbonyl (C=O) groups is 1. The maximum absolute atomic E-state index is 12.6. The third kappa shape index (κ3) is 4.50. The lowest BCUT2D eigenvalue weighted by molar-refractivity contribution is 0.0240. The first-order chi connectivity index (χ1) is 13.8. The summed E-state index contributed by atoms with van der Waals surface area (Å²) in [6.45, 7) is 6.57. The van der Waals surface area contributed by atoms with Crippen molar-refractivity contribution in [1.82, 2.24) is 25.3 Å². The number of aromatic nitrogens is 2. The highest BCUT2D eigenvalue weighted by Crippen LogP contribution is 2.31. The van der Waals surface area contributed by atoms with Crippen molar-refractivity contribution in [3.63, 3.8) is 0 Å². The second kappa shape index (κ2) is 7.63. The van der Waals surface area contributed by atoms with Crippen molar-refractivity contribution >= 4 is 6.09 Å². The summed E-state index contributed by atoms with van der Waals surface area (Å²) in [5.41, 5.74) is 6.98. The van der Waals surface area contributed by atoms with E-state index in [1.54, 1.807) is 4.90 Å². The summed E-state index contributed by atoms with van der Waals surface area (Å²) in [6.07, 6.45) is 13.2. The fraction of sp³-hybridized carbons (Fsp3) is 0.500. The molecule has 0 radical (unpaired) electrons. The zero-order valence-corrected chi connectivity index (χ0v) is 17.6. The minimum Gasteiger partial charge on any atom is -0.444 e. The van der Waals surface area contributed by atoms with E-state index in [1.165, 1.54) is 5.57 Å². The average molecular weight is 396 g/mol. The van der Waals surface area contributed by atoms with E-state index in [9.17, 15) is 4.79 Å². The molecule has 1 unspecified atom stereocenters. The Morgan fingerprint density at radius 3 is 2.76 bits per heavy atom. The molecular formula is C22H29N5O2. The number of carbonyl (C=O) groups excluding carboxylic acids is 1. The van der Waals surface area contributed by atoms with Crippen molar-refractivity contribution in [3.05, 3.63) is 58.9 Å². The van der Waals surface area contributed by atoms with Crippen LogP contribution in [0.3, 0.4) is 0 Å². The van der Waals surface area contributed by atoms with Gasteiger partial charge in [0.1, 0.15) is 11.4 Å². The monoisotopic (exact) mass is 395 g/mol. The van der Waals surface area contributed by atoms with Gasteiger partial charge in [-0.1, -0.05) is 18.2 Å². The van der Waals surface area contributed by atoms with Gasteiger partial charge in [-0.05, 0) is 45.3 Å². The van der Waals surface area contributed by atoms with E-state index in [-0.39, 0.29) is 12.1 Å². The molecule has 1 N–H and O–H groups in total. The lowest BCUT2D eigenvalue weighted by Gasteiger charge is -2.24. The SMILES string of the molecule is CN1C=CC(c2nc(CC3=CCCC=C3)nc3c2CN(C(=O)OC(C)(C)C)C3)N1. The van der Waals surface area contributed by atoms with Crippen molar-refractivity contribution in [2.45, 2.75) is 64.8 Å². The fourth-order valence-corrected chi connectivity index (χ4v) is 3.78. The molecule has 0 saturated carbocycles. The number of rotatable bonds is 3. The number of amides is 1. The zero-order chi connectivity index (χ0) is 20.6. The lowest BCUT2D eigenvalue weighted by Crippen LogP contribution is -2.33. The number of nitrogens with one attached hydrogen (secondary N) is 1. The van der Waals surface area contributed by atoms with Gasteiger partial charge < -0.3 is 9.75 Å². The van der Waals surface area contributed by atoms with Crippen LogP contribution in [0.4, 0.5) is 4.79 Å². The predicted molar refractivity (Wildman–Crippen MR) is 110 cm³/mol. The van der Waals surface area contributed by atoms with Gasteiger partial charge in [-0.2, -0.15) is 0 Å². The number of hydrazine groups is 1. The van der Waals surface area contributed by atoms with Crippen LogP contribution in [0, 0.1) is 0 Å². The third-order valence-corrected chi connectivity index (χ3v) is 5.09. The van der Waals surface area contributed by atoms with Gasteiger partial charge in [0.05, 0.1) is 30.5 Å². The molecule has 0 bridgehead atoms. The van der Waals surface area contributed by atoms with Crippen LogP contribution < -0.4 is 5.43 Å². The van der Waals surface area contributed by atoms with Crippen molar-refractivity contribution in [2.24, 2.45) is 0 Å². The molecule has 0 fully saturated rings. The molecule has 4 rings (SSSR count). The molecule has 0 saturated heterocycles. The molecule has 2 aliphatic heterocycles. The number of fused-ring (bicyclic) bond motifs is 1. The Balaban J connectivity index is 1.63. The predicted octanol–water partition coefficient (Wildman–Crippen LogP) is 3.55. The van der Waals surface area contributed by atoms with E-state index < -0.39 is 5.60 Å². The molecule has 7 heteroatoms. The van der Waals surface area contributed by atoms with Crippen LogP contribution >= 0.6 is 0 Å². The third-order valence-electron chi connectivity index (χ3n) is 5.09. The Morgan fingerprint density at radius 1 is 1.28 bits per heavy atom. The Kier molecular flexibility index (Phi) is 5.17. The van der Waals surface area contributed by atoms with E-state index in [0.29, 0.717) is 19.5 Å². The standard InChI is InChI=1S/C22H29N5O2/c1-22(2,3)29-21(28)27-13-16-18(14-27)23-19(12-15-8-6-5-7-9-15)24-20(16)17-10-11-26(4)25-17/h6,8-11,17,25H,5,7,12-14H2,1-4H3. The van der Waals surface area contributed by atoms with Gasteiger partial charge in [0, 0.05) is 25.2 Å². The van der Waals surface area contributed by atoms with E-state index in [0.717, 1.165) is 35.6 Å². The Hall–Kier alpha value is -2.67. The molecule has 7 nitrogen and oxygen atoms in total. The molecule has 1 amide bonds. The molecule has 1 aromatic heterocycles. The molecule has 1 aliphatic carbocycles. The van der Waals surface area contributed by atoms with Crippen molar-refractivity contribution in [1.29, 1.82) is 0 Å². The van der Waals surface area contributed by atoms with E-state index in [2.05, 4.69) is 29.7 Å².